The summed E-state index contributed by atoms with van der Waals surface area (Å²) < 4.78 is 4.82. The average molecular weight is 403 g/mol. The van der Waals surface area contributed by atoms with Crippen LogP contribution in [0.25, 0.3) is 0 Å². The van der Waals surface area contributed by atoms with E-state index in [1.807, 2.05) is 6.08 Å². The highest BCUT2D eigenvalue weighted by Crippen LogP contribution is 2.74. The molecule has 0 aromatic carbocycles. The summed E-state index contributed by atoms with van der Waals surface area (Å²) in [5.74, 6) is 2.85. The summed E-state index contributed by atoms with van der Waals surface area (Å²) in [7, 11) is 0. The maximum atomic E-state index is 12.0. The Morgan fingerprint density at radius 3 is 2.55 bits per heavy atom. The van der Waals surface area contributed by atoms with Crippen LogP contribution in [0.1, 0.15) is 71.6 Å². The molecule has 0 aliphatic heterocycles. The molecule has 0 radical (unpaired) electrons. The number of aliphatic hydroxyl groups is 1. The van der Waals surface area contributed by atoms with Crippen molar-refractivity contribution in [2.24, 2.45) is 40.4 Å². The van der Waals surface area contributed by atoms with E-state index in [1.165, 1.54) is 12.0 Å². The molecule has 2 N–H and O–H groups in total. The zero-order chi connectivity index (χ0) is 20.6. The van der Waals surface area contributed by atoms with Gasteiger partial charge in [-0.15, -0.1) is 0 Å². The van der Waals surface area contributed by atoms with Crippen LogP contribution in [0.15, 0.2) is 11.6 Å². The maximum Gasteiger partial charge on any atom is 0.505 e. The Kier molecular flexibility index (Phi) is 4.27. The van der Waals surface area contributed by atoms with E-state index in [2.05, 4.69) is 13.8 Å². The van der Waals surface area contributed by atoms with Crippen LogP contribution in [0.2, 0.25) is 0 Å². The van der Waals surface area contributed by atoms with Gasteiger partial charge in [0.05, 0.1) is 12.2 Å². The van der Waals surface area contributed by atoms with E-state index >= 15 is 0 Å². The van der Waals surface area contributed by atoms with E-state index in [-0.39, 0.29) is 23.4 Å². The third-order valence-electron chi connectivity index (χ3n) is 10.3. The second-order valence-electron chi connectivity index (χ2n) is 11.0. The zero-order valence-corrected chi connectivity index (χ0v) is 17.7. The first kappa shape index (κ1) is 19.6. The first-order valence-electron chi connectivity index (χ1n) is 11.5. The molecule has 0 aromatic rings. The third-order valence-corrected chi connectivity index (χ3v) is 10.3. The molecule has 8 atom stereocenters. The number of hydrogen-bond acceptors (Lipinski definition) is 4. The molecule has 0 aromatic heterocycles. The van der Waals surface area contributed by atoms with Crippen molar-refractivity contribution in [3.05, 3.63) is 11.6 Å². The SMILES string of the molecule is C[C@]12CCC(=O)C=C1CC[C@H]1[C@@H]3[C@@H]4CC[C@@H]4[C@@](O)(CCOC(=O)O)[C@@]3(C)CC[C@@H]12. The fraction of sp³-hybridized carbons (Fsp3) is 0.833. The first-order chi connectivity index (χ1) is 13.7. The lowest BCUT2D eigenvalue weighted by Gasteiger charge is -2.59. The van der Waals surface area contributed by atoms with Gasteiger partial charge < -0.3 is 14.9 Å². The van der Waals surface area contributed by atoms with Crippen LogP contribution in [0.3, 0.4) is 0 Å². The lowest BCUT2D eigenvalue weighted by Crippen LogP contribution is -2.56. The summed E-state index contributed by atoms with van der Waals surface area (Å²) in [6, 6.07) is 0. The highest BCUT2D eigenvalue weighted by molar-refractivity contribution is 5.91. The van der Waals surface area contributed by atoms with E-state index in [4.69, 9.17) is 9.84 Å². The van der Waals surface area contributed by atoms with Gasteiger partial charge in [-0.25, -0.2) is 4.79 Å². The van der Waals surface area contributed by atoms with Gasteiger partial charge in [0.2, 0.25) is 0 Å². The molecule has 4 fully saturated rings. The molecule has 5 aliphatic rings. The third kappa shape index (κ3) is 2.49. The van der Waals surface area contributed by atoms with Crippen molar-refractivity contribution in [2.45, 2.75) is 77.2 Å². The minimum Gasteiger partial charge on any atom is -0.450 e. The van der Waals surface area contributed by atoms with Gasteiger partial charge in [0.25, 0.3) is 0 Å². The molecule has 5 rings (SSSR count). The Bertz CT molecular complexity index is 773. The number of carboxylic acid groups (broad SMARTS) is 1. The van der Waals surface area contributed by atoms with Gasteiger partial charge in [0.15, 0.2) is 5.78 Å². The predicted octanol–water partition coefficient (Wildman–Crippen LogP) is 4.58. The van der Waals surface area contributed by atoms with Crippen LogP contribution < -0.4 is 0 Å². The molecule has 0 amide bonds. The minimum atomic E-state index is -1.26. The number of fused-ring (bicyclic) bond motifs is 7. The van der Waals surface area contributed by atoms with E-state index < -0.39 is 11.8 Å². The molecule has 5 nitrogen and oxygen atoms in total. The summed E-state index contributed by atoms with van der Waals surface area (Å²) in [5.41, 5.74) is 0.543. The van der Waals surface area contributed by atoms with Crippen molar-refractivity contribution >= 4 is 11.9 Å². The fourth-order valence-corrected chi connectivity index (χ4v) is 8.84. The lowest BCUT2D eigenvalue weighted by molar-refractivity contribution is -0.148. The Labute approximate surface area is 172 Å². The normalized spacial score (nSPS) is 50.4. The monoisotopic (exact) mass is 402 g/mol. The minimum absolute atomic E-state index is 0.0815. The van der Waals surface area contributed by atoms with Crippen LogP contribution in [-0.4, -0.2) is 34.4 Å². The van der Waals surface area contributed by atoms with Gasteiger partial charge in [0, 0.05) is 18.3 Å². The van der Waals surface area contributed by atoms with E-state index in [0.717, 1.165) is 38.5 Å². The summed E-state index contributed by atoms with van der Waals surface area (Å²) in [6.07, 6.45) is 9.25. The second-order valence-corrected chi connectivity index (χ2v) is 11.0. The molecule has 0 unspecified atom stereocenters. The van der Waals surface area contributed by atoms with Crippen molar-refractivity contribution in [3.8, 4) is 0 Å². The predicted molar refractivity (Wildman–Crippen MR) is 107 cm³/mol. The lowest BCUT2D eigenvalue weighted by atomic mass is 9.45. The molecular formula is C24H34O5. The summed E-state index contributed by atoms with van der Waals surface area (Å²) in [6.45, 7) is 4.76. The molecular weight excluding hydrogens is 368 g/mol. The van der Waals surface area contributed by atoms with E-state index in [9.17, 15) is 14.7 Å². The van der Waals surface area contributed by atoms with Gasteiger partial charge in [-0.3, -0.25) is 4.79 Å². The van der Waals surface area contributed by atoms with Gasteiger partial charge >= 0.3 is 6.16 Å². The standard InChI is InChI=1S/C24H34O5/c1-22-9-7-15(25)13-14(22)3-4-16-18(22)8-10-23(2)20(16)17-5-6-19(17)24(23,28)11-12-29-21(26)27/h13,16-20,28H,3-12H2,1-2H3,(H,26,27)/t16-,17-,18+,19+,20-,22+,23+,24+/m1/s1. The Balaban J connectivity index is 1.46. The quantitative estimate of drug-likeness (QED) is 0.675. The second kappa shape index (κ2) is 6.32. The molecule has 0 heterocycles. The molecule has 0 saturated heterocycles. The molecule has 5 aliphatic carbocycles. The Morgan fingerprint density at radius 1 is 1.10 bits per heavy atom. The number of hydrogen-bond donors (Lipinski definition) is 2. The zero-order valence-electron chi connectivity index (χ0n) is 17.7. The van der Waals surface area contributed by atoms with Crippen LogP contribution >= 0.6 is 0 Å². The smallest absolute Gasteiger partial charge is 0.450 e. The maximum absolute atomic E-state index is 12.0. The largest absolute Gasteiger partial charge is 0.505 e. The van der Waals surface area contributed by atoms with Crippen LogP contribution in [0.5, 0.6) is 0 Å². The van der Waals surface area contributed by atoms with E-state index in [1.54, 1.807) is 0 Å². The molecule has 4 saturated carbocycles. The summed E-state index contributed by atoms with van der Waals surface area (Å²) >= 11 is 0. The number of rotatable bonds is 3. The number of carbonyl (C=O) groups excluding carboxylic acids is 1. The van der Waals surface area contributed by atoms with Crippen LogP contribution in [0.4, 0.5) is 4.79 Å². The van der Waals surface area contributed by atoms with Crippen molar-refractivity contribution in [1.29, 1.82) is 0 Å². The van der Waals surface area contributed by atoms with Crippen LogP contribution in [-0.2, 0) is 9.53 Å². The molecule has 29 heavy (non-hydrogen) atoms. The number of ether oxygens (including phenoxy) is 1. The Morgan fingerprint density at radius 2 is 1.86 bits per heavy atom. The fourth-order valence-electron chi connectivity index (χ4n) is 8.84. The van der Waals surface area contributed by atoms with Crippen molar-refractivity contribution in [2.75, 3.05) is 6.61 Å². The van der Waals surface area contributed by atoms with Crippen molar-refractivity contribution in [3.63, 3.8) is 0 Å². The Hall–Kier alpha value is -1.36. The first-order valence-corrected chi connectivity index (χ1v) is 11.5. The molecule has 0 bridgehead atoms. The summed E-state index contributed by atoms with van der Waals surface area (Å²) in [4.78, 5) is 22.9. The van der Waals surface area contributed by atoms with Crippen LogP contribution in [0, 0.1) is 40.4 Å². The highest BCUT2D eigenvalue weighted by atomic mass is 16.7. The topological polar surface area (TPSA) is 83.8 Å². The van der Waals surface area contributed by atoms with Gasteiger partial charge in [-0.1, -0.05) is 19.4 Å². The van der Waals surface area contributed by atoms with Crippen molar-refractivity contribution < 1.29 is 24.5 Å². The molecule has 5 heteroatoms. The number of carbonyl (C=O) groups is 2. The van der Waals surface area contributed by atoms with Gasteiger partial charge in [-0.2, -0.15) is 0 Å². The number of allylic oxidation sites excluding steroid dienone is 1. The van der Waals surface area contributed by atoms with Crippen molar-refractivity contribution in [1.82, 2.24) is 0 Å². The van der Waals surface area contributed by atoms with Gasteiger partial charge in [-0.05, 0) is 86.0 Å². The summed E-state index contributed by atoms with van der Waals surface area (Å²) in [5, 5.41) is 20.8. The van der Waals surface area contributed by atoms with E-state index in [0.29, 0.717) is 42.3 Å². The molecule has 0 spiro atoms. The average Bonchev–Trinajstić information content (AvgIpc) is 2.75. The number of ketones is 1. The van der Waals surface area contributed by atoms with Gasteiger partial charge in [0.1, 0.15) is 0 Å². The molecule has 160 valence electrons. The highest BCUT2D eigenvalue weighted by Gasteiger charge is 2.72.